The summed E-state index contributed by atoms with van der Waals surface area (Å²) in [7, 11) is 1.81. The van der Waals surface area contributed by atoms with Gasteiger partial charge in [-0.05, 0) is 73.4 Å². The van der Waals surface area contributed by atoms with Gasteiger partial charge >= 0.3 is 0 Å². The fourth-order valence-corrected chi connectivity index (χ4v) is 4.73. The van der Waals surface area contributed by atoms with Crippen LogP contribution in [0.1, 0.15) is 61.3 Å². The first-order valence-electron chi connectivity index (χ1n) is 10.1. The van der Waals surface area contributed by atoms with Gasteiger partial charge in [-0.1, -0.05) is 0 Å². The van der Waals surface area contributed by atoms with Crippen molar-refractivity contribution in [1.29, 1.82) is 0 Å². The molecule has 0 N–H and O–H groups in total. The summed E-state index contributed by atoms with van der Waals surface area (Å²) in [6.07, 6.45) is 2.21. The summed E-state index contributed by atoms with van der Waals surface area (Å²) >= 11 is 0. The molecule has 1 fully saturated rings. The molecular formula is C22H39N2O2+. The molecule has 0 spiro atoms. The molecule has 0 saturated carbocycles. The van der Waals surface area contributed by atoms with E-state index >= 15 is 0 Å². The Bertz CT molecular complexity index is 550. The van der Waals surface area contributed by atoms with Gasteiger partial charge in [-0.15, -0.1) is 5.06 Å². The molecule has 0 unspecified atom stereocenters. The van der Waals surface area contributed by atoms with E-state index in [1.807, 2.05) is 7.11 Å². The Morgan fingerprint density at radius 2 is 1.38 bits per heavy atom. The third-order valence-corrected chi connectivity index (χ3v) is 6.28. The summed E-state index contributed by atoms with van der Waals surface area (Å²) < 4.78 is 6.68. The lowest BCUT2D eigenvalue weighted by molar-refractivity contribution is -0.236. The second-order valence-corrected chi connectivity index (χ2v) is 8.86. The normalized spacial score (nSPS) is 20.9. The fraction of sp³-hybridized carbons (Fsp3) is 0.727. The predicted octanol–water partition coefficient (Wildman–Crippen LogP) is 5.02. The predicted molar refractivity (Wildman–Crippen MR) is 111 cm³/mol. The van der Waals surface area contributed by atoms with Crippen molar-refractivity contribution >= 4 is 5.69 Å². The quantitative estimate of drug-likeness (QED) is 0.635. The summed E-state index contributed by atoms with van der Waals surface area (Å²) in [5.74, 6) is 0.909. The number of quaternary nitrogens is 1. The van der Waals surface area contributed by atoms with Crippen molar-refractivity contribution < 1.29 is 9.57 Å². The molecule has 0 aromatic heterocycles. The SMILES string of the molecule is CC[N+](CC)(CC)c1ccc(ON2C(C)(C)CC(OC)CC2(C)C)cc1. The highest BCUT2D eigenvalue weighted by Crippen LogP contribution is 2.40. The number of piperidine rings is 1. The molecule has 0 atom stereocenters. The van der Waals surface area contributed by atoms with E-state index in [0.717, 1.165) is 42.7 Å². The number of hydrogen-bond donors (Lipinski definition) is 0. The zero-order valence-corrected chi connectivity index (χ0v) is 18.1. The third kappa shape index (κ3) is 4.08. The summed E-state index contributed by atoms with van der Waals surface area (Å²) in [6.45, 7) is 19.1. The standard InChI is InChI=1S/C22H39N2O2/c1-9-24(10-2,11-3)18-12-14-19(15-13-18)26-23-21(4,5)16-20(25-8)17-22(23,6)7/h12-15,20H,9-11,16-17H2,1-8H3/q+1. The lowest BCUT2D eigenvalue weighted by Crippen LogP contribution is -2.63. The first-order valence-corrected chi connectivity index (χ1v) is 10.1. The van der Waals surface area contributed by atoms with Gasteiger partial charge in [0.25, 0.3) is 0 Å². The Kier molecular flexibility index (Phi) is 6.42. The Balaban J connectivity index is 2.22. The lowest BCUT2D eigenvalue weighted by atomic mass is 9.80. The minimum Gasteiger partial charge on any atom is -0.405 e. The number of hydroxylamine groups is 2. The Labute approximate surface area is 160 Å². The maximum Gasteiger partial charge on any atom is 0.147 e. The minimum atomic E-state index is -0.0861. The first kappa shape index (κ1) is 21.2. The first-order chi connectivity index (χ1) is 12.1. The van der Waals surface area contributed by atoms with Gasteiger partial charge in [0.15, 0.2) is 0 Å². The summed E-state index contributed by atoms with van der Waals surface area (Å²) in [5, 5.41) is 2.17. The molecule has 0 aliphatic carbocycles. The summed E-state index contributed by atoms with van der Waals surface area (Å²) in [4.78, 5) is 6.42. The molecule has 0 radical (unpaired) electrons. The number of hydrogen-bond acceptors (Lipinski definition) is 3. The van der Waals surface area contributed by atoms with E-state index in [1.54, 1.807) is 0 Å². The van der Waals surface area contributed by atoms with Crippen molar-refractivity contribution in [1.82, 2.24) is 9.55 Å². The second-order valence-electron chi connectivity index (χ2n) is 8.86. The zero-order chi connectivity index (χ0) is 19.6. The van der Waals surface area contributed by atoms with Crippen molar-refractivity contribution in [2.75, 3.05) is 26.7 Å². The van der Waals surface area contributed by atoms with Gasteiger partial charge in [0.1, 0.15) is 11.4 Å². The van der Waals surface area contributed by atoms with Gasteiger partial charge in [-0.2, -0.15) is 0 Å². The van der Waals surface area contributed by atoms with Crippen LogP contribution in [0.4, 0.5) is 5.69 Å². The molecule has 1 aliphatic rings. The van der Waals surface area contributed by atoms with E-state index in [-0.39, 0.29) is 17.2 Å². The molecule has 4 nitrogen and oxygen atoms in total. The Morgan fingerprint density at radius 3 is 1.77 bits per heavy atom. The van der Waals surface area contributed by atoms with Crippen LogP contribution >= 0.6 is 0 Å². The van der Waals surface area contributed by atoms with Crippen LogP contribution in [0.25, 0.3) is 0 Å². The Hall–Kier alpha value is -1.10. The van der Waals surface area contributed by atoms with Crippen LogP contribution in [0.15, 0.2) is 24.3 Å². The number of ether oxygens (including phenoxy) is 1. The highest BCUT2D eigenvalue weighted by atomic mass is 16.7. The molecular weight excluding hydrogens is 324 g/mol. The van der Waals surface area contributed by atoms with Crippen molar-refractivity contribution in [3.05, 3.63) is 24.3 Å². The minimum absolute atomic E-state index is 0.0861. The van der Waals surface area contributed by atoms with E-state index in [4.69, 9.17) is 9.57 Å². The van der Waals surface area contributed by atoms with E-state index in [9.17, 15) is 0 Å². The Morgan fingerprint density at radius 1 is 0.923 bits per heavy atom. The number of methoxy groups -OCH3 is 1. The van der Waals surface area contributed by atoms with E-state index in [1.165, 1.54) is 5.69 Å². The molecule has 26 heavy (non-hydrogen) atoms. The number of rotatable bonds is 7. The van der Waals surface area contributed by atoms with Crippen LogP contribution in [-0.4, -0.2) is 49.0 Å². The summed E-state index contributed by atoms with van der Waals surface area (Å²) in [5.41, 5.74) is 1.19. The van der Waals surface area contributed by atoms with Crippen LogP contribution in [0.5, 0.6) is 5.75 Å². The van der Waals surface area contributed by atoms with Gasteiger partial charge in [-0.3, -0.25) is 4.48 Å². The van der Waals surface area contributed by atoms with Crippen molar-refractivity contribution in [3.63, 3.8) is 0 Å². The smallest absolute Gasteiger partial charge is 0.147 e. The highest BCUT2D eigenvalue weighted by Gasteiger charge is 2.47. The van der Waals surface area contributed by atoms with E-state index < -0.39 is 0 Å². The van der Waals surface area contributed by atoms with Crippen molar-refractivity contribution in [2.45, 2.75) is 78.5 Å². The maximum absolute atomic E-state index is 6.42. The molecule has 4 heteroatoms. The molecule has 148 valence electrons. The van der Waals surface area contributed by atoms with Gasteiger partial charge in [0.2, 0.25) is 0 Å². The topological polar surface area (TPSA) is 21.7 Å². The zero-order valence-electron chi connectivity index (χ0n) is 18.1. The number of nitrogens with zero attached hydrogens (tertiary/aromatic N) is 2. The van der Waals surface area contributed by atoms with Crippen molar-refractivity contribution in [3.8, 4) is 5.75 Å². The van der Waals surface area contributed by atoms with Crippen LogP contribution < -0.4 is 9.32 Å². The van der Waals surface area contributed by atoms with Crippen LogP contribution in [-0.2, 0) is 4.74 Å². The third-order valence-electron chi connectivity index (χ3n) is 6.28. The van der Waals surface area contributed by atoms with Crippen LogP contribution in [0.2, 0.25) is 0 Å². The molecule has 1 saturated heterocycles. The maximum atomic E-state index is 6.42. The average Bonchev–Trinajstić information content (AvgIpc) is 2.60. The van der Waals surface area contributed by atoms with Crippen LogP contribution in [0.3, 0.4) is 0 Å². The van der Waals surface area contributed by atoms with E-state index in [0.29, 0.717) is 0 Å². The lowest BCUT2D eigenvalue weighted by Gasteiger charge is -2.53. The molecule has 1 aromatic rings. The van der Waals surface area contributed by atoms with Gasteiger partial charge in [-0.25, -0.2) is 0 Å². The molecule has 0 bridgehead atoms. The van der Waals surface area contributed by atoms with E-state index in [2.05, 4.69) is 77.8 Å². The molecule has 2 rings (SSSR count). The fourth-order valence-electron chi connectivity index (χ4n) is 4.73. The van der Waals surface area contributed by atoms with Gasteiger partial charge in [0.05, 0.1) is 36.8 Å². The average molecular weight is 364 g/mol. The van der Waals surface area contributed by atoms with Gasteiger partial charge in [0, 0.05) is 19.2 Å². The second kappa shape index (κ2) is 7.87. The molecule has 1 aliphatic heterocycles. The molecule has 1 aromatic carbocycles. The monoisotopic (exact) mass is 363 g/mol. The summed E-state index contributed by atoms with van der Waals surface area (Å²) in [6, 6.07) is 8.71. The number of benzene rings is 1. The van der Waals surface area contributed by atoms with Crippen LogP contribution in [0, 0.1) is 0 Å². The molecule has 0 amide bonds. The van der Waals surface area contributed by atoms with Gasteiger partial charge < -0.3 is 9.57 Å². The van der Waals surface area contributed by atoms with Crippen molar-refractivity contribution in [2.24, 2.45) is 0 Å². The highest BCUT2D eigenvalue weighted by molar-refractivity contribution is 5.46. The molecule has 1 heterocycles. The largest absolute Gasteiger partial charge is 0.405 e.